The van der Waals surface area contributed by atoms with E-state index in [-0.39, 0.29) is 5.56 Å². The van der Waals surface area contributed by atoms with Gasteiger partial charge in [0, 0.05) is 38.9 Å². The molecular weight excluding hydrogens is 346 g/mol. The first-order valence-corrected chi connectivity index (χ1v) is 8.05. The van der Waals surface area contributed by atoms with Crippen LogP contribution in [0.3, 0.4) is 0 Å². The van der Waals surface area contributed by atoms with Gasteiger partial charge < -0.3 is 4.90 Å². The number of aromatic nitrogens is 3. The fourth-order valence-corrected chi connectivity index (χ4v) is 3.08. The standard InChI is InChI=1S/C15H18BrN5O/c1-11-3-2-4-17-12(11)10-20-5-7-21(8-6-20)13-9-18-19-15(22)14(13)16/h2-4,9H,5-8,10H2,1H3,(H,19,22). The molecule has 0 unspecified atom stereocenters. The molecule has 3 heterocycles. The van der Waals surface area contributed by atoms with Crippen molar-refractivity contribution in [2.45, 2.75) is 13.5 Å². The zero-order chi connectivity index (χ0) is 15.5. The first kappa shape index (κ1) is 15.2. The molecule has 3 rings (SSSR count). The van der Waals surface area contributed by atoms with Crippen molar-refractivity contribution in [3.8, 4) is 0 Å². The number of anilines is 1. The van der Waals surface area contributed by atoms with E-state index in [2.05, 4.69) is 53.9 Å². The number of rotatable bonds is 3. The molecule has 0 amide bonds. The first-order valence-electron chi connectivity index (χ1n) is 7.26. The summed E-state index contributed by atoms with van der Waals surface area (Å²) in [5, 5.41) is 6.31. The van der Waals surface area contributed by atoms with Gasteiger partial charge in [0.05, 0.1) is 17.6 Å². The minimum absolute atomic E-state index is 0.191. The van der Waals surface area contributed by atoms with Gasteiger partial charge in [0.15, 0.2) is 0 Å². The maximum Gasteiger partial charge on any atom is 0.280 e. The third-order valence-corrected chi connectivity index (χ3v) is 4.75. The van der Waals surface area contributed by atoms with Crippen molar-refractivity contribution >= 4 is 21.6 Å². The molecule has 7 heteroatoms. The van der Waals surface area contributed by atoms with Crippen molar-refractivity contribution in [1.82, 2.24) is 20.1 Å². The highest BCUT2D eigenvalue weighted by Crippen LogP contribution is 2.22. The number of pyridine rings is 1. The summed E-state index contributed by atoms with van der Waals surface area (Å²) in [6.45, 7) is 6.59. The van der Waals surface area contributed by atoms with Crippen LogP contribution in [0, 0.1) is 6.92 Å². The lowest BCUT2D eigenvalue weighted by Gasteiger charge is -2.36. The Morgan fingerprint density at radius 1 is 1.32 bits per heavy atom. The third-order valence-electron chi connectivity index (χ3n) is 3.98. The number of nitrogens with zero attached hydrogens (tertiary/aromatic N) is 4. The number of H-pyrrole nitrogens is 1. The highest BCUT2D eigenvalue weighted by Gasteiger charge is 2.20. The van der Waals surface area contributed by atoms with Crippen LogP contribution in [-0.2, 0) is 6.54 Å². The average Bonchev–Trinajstić information content (AvgIpc) is 2.53. The molecule has 1 aliphatic rings. The van der Waals surface area contributed by atoms with Gasteiger partial charge in [-0.05, 0) is 34.5 Å². The molecular formula is C15H18BrN5O. The SMILES string of the molecule is Cc1cccnc1CN1CCN(c2cn[nH]c(=O)c2Br)CC1. The van der Waals surface area contributed by atoms with Crippen molar-refractivity contribution in [3.63, 3.8) is 0 Å². The maximum absolute atomic E-state index is 11.6. The van der Waals surface area contributed by atoms with Crippen LogP contribution in [0.2, 0.25) is 0 Å². The van der Waals surface area contributed by atoms with E-state index in [1.54, 1.807) is 6.20 Å². The molecule has 0 aliphatic carbocycles. The minimum atomic E-state index is -0.191. The van der Waals surface area contributed by atoms with E-state index in [4.69, 9.17) is 0 Å². The summed E-state index contributed by atoms with van der Waals surface area (Å²) in [7, 11) is 0. The lowest BCUT2D eigenvalue weighted by Crippen LogP contribution is -2.46. The van der Waals surface area contributed by atoms with Crippen molar-refractivity contribution in [3.05, 3.63) is 50.6 Å². The van der Waals surface area contributed by atoms with Crippen LogP contribution in [0.25, 0.3) is 0 Å². The highest BCUT2D eigenvalue weighted by molar-refractivity contribution is 9.10. The van der Waals surface area contributed by atoms with Crippen LogP contribution in [0.4, 0.5) is 5.69 Å². The monoisotopic (exact) mass is 363 g/mol. The average molecular weight is 364 g/mol. The Bertz CT molecular complexity index is 709. The van der Waals surface area contributed by atoms with Crippen molar-refractivity contribution < 1.29 is 0 Å². The van der Waals surface area contributed by atoms with Gasteiger partial charge in [-0.15, -0.1) is 0 Å². The smallest absolute Gasteiger partial charge is 0.280 e. The largest absolute Gasteiger partial charge is 0.367 e. The van der Waals surface area contributed by atoms with Crippen molar-refractivity contribution in [2.75, 3.05) is 31.1 Å². The molecule has 6 nitrogen and oxygen atoms in total. The summed E-state index contributed by atoms with van der Waals surface area (Å²) in [5.41, 5.74) is 3.03. The second kappa shape index (κ2) is 6.58. The Morgan fingerprint density at radius 2 is 2.09 bits per heavy atom. The van der Waals surface area contributed by atoms with Gasteiger partial charge >= 0.3 is 0 Å². The predicted molar refractivity (Wildman–Crippen MR) is 89.0 cm³/mol. The second-order valence-electron chi connectivity index (χ2n) is 5.43. The molecule has 1 aliphatic heterocycles. The number of nitrogens with one attached hydrogen (secondary N) is 1. The maximum atomic E-state index is 11.6. The Morgan fingerprint density at radius 3 is 2.82 bits per heavy atom. The van der Waals surface area contributed by atoms with Gasteiger partial charge in [0.2, 0.25) is 0 Å². The highest BCUT2D eigenvalue weighted by atomic mass is 79.9. The molecule has 116 valence electrons. The summed E-state index contributed by atoms with van der Waals surface area (Å²) in [4.78, 5) is 20.7. The van der Waals surface area contributed by atoms with E-state index in [9.17, 15) is 4.79 Å². The molecule has 1 N–H and O–H groups in total. The Kier molecular flexibility index (Phi) is 4.54. The number of aromatic amines is 1. The second-order valence-corrected chi connectivity index (χ2v) is 6.22. The first-order chi connectivity index (χ1) is 10.6. The summed E-state index contributed by atoms with van der Waals surface area (Å²) >= 11 is 3.35. The van der Waals surface area contributed by atoms with Crippen molar-refractivity contribution in [2.24, 2.45) is 0 Å². The van der Waals surface area contributed by atoms with E-state index < -0.39 is 0 Å². The molecule has 1 fully saturated rings. The number of hydrogen-bond acceptors (Lipinski definition) is 5. The number of aryl methyl sites for hydroxylation is 1. The predicted octanol–water partition coefficient (Wildman–Crippen LogP) is 1.56. The minimum Gasteiger partial charge on any atom is -0.367 e. The molecule has 2 aromatic heterocycles. The van der Waals surface area contributed by atoms with Gasteiger partial charge in [0.25, 0.3) is 5.56 Å². The zero-order valence-corrected chi connectivity index (χ0v) is 14.0. The Hall–Kier alpha value is -1.73. The fourth-order valence-electron chi connectivity index (χ4n) is 2.64. The molecule has 1 saturated heterocycles. The van der Waals surface area contributed by atoms with Crippen LogP contribution in [0.1, 0.15) is 11.3 Å². The summed E-state index contributed by atoms with van der Waals surface area (Å²) < 4.78 is 0.552. The van der Waals surface area contributed by atoms with Crippen LogP contribution < -0.4 is 10.5 Å². The summed E-state index contributed by atoms with van der Waals surface area (Å²) in [6.07, 6.45) is 3.54. The van der Waals surface area contributed by atoms with Gasteiger partial charge in [-0.25, -0.2) is 5.10 Å². The van der Waals surface area contributed by atoms with Crippen LogP contribution in [0.15, 0.2) is 33.8 Å². The number of hydrogen-bond donors (Lipinski definition) is 1. The van der Waals surface area contributed by atoms with Gasteiger partial charge in [-0.1, -0.05) is 6.07 Å². The van der Waals surface area contributed by atoms with Crippen molar-refractivity contribution in [1.29, 1.82) is 0 Å². The van der Waals surface area contributed by atoms with Gasteiger partial charge in [-0.3, -0.25) is 14.7 Å². The molecule has 0 radical (unpaired) electrons. The number of piperazine rings is 1. The zero-order valence-electron chi connectivity index (χ0n) is 12.4. The lowest BCUT2D eigenvalue weighted by molar-refractivity contribution is 0.246. The quantitative estimate of drug-likeness (QED) is 0.896. The van der Waals surface area contributed by atoms with Crippen LogP contribution in [0.5, 0.6) is 0 Å². The molecule has 0 aromatic carbocycles. The van der Waals surface area contributed by atoms with E-state index >= 15 is 0 Å². The molecule has 0 bridgehead atoms. The van der Waals surface area contributed by atoms with Crippen LogP contribution >= 0.6 is 15.9 Å². The molecule has 2 aromatic rings. The molecule has 0 atom stereocenters. The summed E-state index contributed by atoms with van der Waals surface area (Å²) in [6, 6.07) is 4.06. The van der Waals surface area contributed by atoms with E-state index in [1.165, 1.54) is 5.56 Å². The summed E-state index contributed by atoms with van der Waals surface area (Å²) in [5.74, 6) is 0. The Balaban J connectivity index is 1.64. The van der Waals surface area contributed by atoms with Gasteiger partial charge in [0.1, 0.15) is 4.47 Å². The normalized spacial score (nSPS) is 16.0. The number of halogens is 1. The Labute approximate surface area is 137 Å². The van der Waals surface area contributed by atoms with E-state index in [1.807, 2.05) is 12.3 Å². The lowest BCUT2D eigenvalue weighted by atomic mass is 10.2. The molecule has 22 heavy (non-hydrogen) atoms. The third kappa shape index (κ3) is 3.20. The van der Waals surface area contributed by atoms with E-state index in [0.29, 0.717) is 4.47 Å². The fraction of sp³-hybridized carbons (Fsp3) is 0.400. The van der Waals surface area contributed by atoms with E-state index in [0.717, 1.165) is 44.1 Å². The molecule has 0 saturated carbocycles. The van der Waals surface area contributed by atoms with Crippen LogP contribution in [-0.4, -0.2) is 46.3 Å². The topological polar surface area (TPSA) is 65.1 Å². The molecule has 0 spiro atoms. The van der Waals surface area contributed by atoms with Gasteiger partial charge in [-0.2, -0.15) is 5.10 Å².